The minimum absolute atomic E-state index is 0.416. The minimum atomic E-state index is 0.416. The summed E-state index contributed by atoms with van der Waals surface area (Å²) in [5.41, 5.74) is 2.27. The molecule has 0 saturated carbocycles. The molecule has 0 radical (unpaired) electrons. The fourth-order valence-electron chi connectivity index (χ4n) is 3.09. The third kappa shape index (κ3) is 4.26. The van der Waals surface area contributed by atoms with Gasteiger partial charge in [0.1, 0.15) is 23.7 Å². The summed E-state index contributed by atoms with van der Waals surface area (Å²) in [5, 5.41) is 1.15. The van der Waals surface area contributed by atoms with Crippen LogP contribution in [0.15, 0.2) is 53.2 Å². The van der Waals surface area contributed by atoms with Crippen LogP contribution < -0.4 is 0 Å². The van der Waals surface area contributed by atoms with Gasteiger partial charge in [-0.25, -0.2) is 0 Å². The largest absolute Gasteiger partial charge is 0.486 e. The van der Waals surface area contributed by atoms with E-state index in [4.69, 9.17) is 9.15 Å². The molecule has 1 aromatic carbocycles. The Morgan fingerprint density at radius 1 is 1.26 bits per heavy atom. The van der Waals surface area contributed by atoms with E-state index in [9.17, 15) is 0 Å². The predicted octanol–water partition coefficient (Wildman–Crippen LogP) is 5.03. The van der Waals surface area contributed by atoms with Crippen LogP contribution in [0.1, 0.15) is 37.5 Å². The van der Waals surface area contributed by atoms with Crippen LogP contribution in [-0.2, 0) is 17.9 Å². The maximum Gasteiger partial charge on any atom is 0.146 e. The topological polar surface area (TPSA) is 25.6 Å². The van der Waals surface area contributed by atoms with E-state index in [2.05, 4.69) is 35.7 Å². The van der Waals surface area contributed by atoms with Gasteiger partial charge in [0.25, 0.3) is 0 Å². The molecule has 1 fully saturated rings. The number of hydrogen-bond acceptors (Lipinski definition) is 3. The standard InChI is InChI=1S/C20H25NO2/c1-3-7-16(2)22-15-19-13-18-12-17(8-9-20(18)23-19)14-21-10-5-4-6-11-21/h3,7-9,12-13H,2,4-6,10-11,14-15H2,1H3. The molecule has 0 amide bonds. The first kappa shape index (κ1) is 15.9. The van der Waals surface area contributed by atoms with Crippen molar-refractivity contribution in [2.75, 3.05) is 13.1 Å². The molecule has 0 spiro atoms. The van der Waals surface area contributed by atoms with Crippen LogP contribution in [-0.4, -0.2) is 18.0 Å². The van der Waals surface area contributed by atoms with E-state index in [-0.39, 0.29) is 0 Å². The van der Waals surface area contributed by atoms with E-state index in [1.807, 2.05) is 19.1 Å². The van der Waals surface area contributed by atoms with E-state index in [0.29, 0.717) is 12.4 Å². The number of fused-ring (bicyclic) bond motifs is 1. The Labute approximate surface area is 138 Å². The molecule has 3 rings (SSSR count). The lowest BCUT2D eigenvalue weighted by Crippen LogP contribution is -2.28. The summed E-state index contributed by atoms with van der Waals surface area (Å²) in [6.07, 6.45) is 7.78. The number of nitrogens with zero attached hydrogens (tertiary/aromatic N) is 1. The molecule has 23 heavy (non-hydrogen) atoms. The molecule has 0 aliphatic carbocycles. The van der Waals surface area contributed by atoms with Gasteiger partial charge in [0.15, 0.2) is 0 Å². The lowest BCUT2D eigenvalue weighted by atomic mass is 10.1. The zero-order valence-electron chi connectivity index (χ0n) is 13.9. The van der Waals surface area contributed by atoms with Crippen LogP contribution in [0.4, 0.5) is 0 Å². The second-order valence-corrected chi connectivity index (χ2v) is 6.18. The number of likely N-dealkylation sites (tertiary alicyclic amines) is 1. The lowest BCUT2D eigenvalue weighted by Gasteiger charge is -2.26. The normalized spacial score (nSPS) is 16.2. The van der Waals surface area contributed by atoms with Crippen molar-refractivity contribution in [2.24, 2.45) is 0 Å². The summed E-state index contributed by atoms with van der Waals surface area (Å²) in [4.78, 5) is 2.54. The Balaban J connectivity index is 1.66. The number of furan rings is 1. The lowest BCUT2D eigenvalue weighted by molar-refractivity contribution is 0.191. The highest BCUT2D eigenvalue weighted by Gasteiger charge is 2.11. The Kier molecular flexibility index (Phi) is 5.19. The summed E-state index contributed by atoms with van der Waals surface area (Å²) < 4.78 is 11.4. The molecule has 0 bridgehead atoms. The summed E-state index contributed by atoms with van der Waals surface area (Å²) in [6, 6.07) is 8.54. The van der Waals surface area contributed by atoms with Gasteiger partial charge < -0.3 is 9.15 Å². The zero-order valence-corrected chi connectivity index (χ0v) is 13.9. The van der Waals surface area contributed by atoms with Gasteiger partial charge in [-0.2, -0.15) is 0 Å². The average molecular weight is 311 g/mol. The molecule has 0 atom stereocenters. The fourth-order valence-corrected chi connectivity index (χ4v) is 3.09. The number of piperidine rings is 1. The maximum absolute atomic E-state index is 5.84. The first-order chi connectivity index (χ1) is 11.2. The molecule has 0 N–H and O–H groups in total. The molecule has 2 aromatic rings. The molecule has 3 nitrogen and oxygen atoms in total. The van der Waals surface area contributed by atoms with E-state index < -0.39 is 0 Å². The third-order valence-electron chi connectivity index (χ3n) is 4.24. The quantitative estimate of drug-likeness (QED) is 0.553. The third-order valence-corrected chi connectivity index (χ3v) is 4.24. The van der Waals surface area contributed by atoms with Crippen LogP contribution in [0, 0.1) is 0 Å². The van der Waals surface area contributed by atoms with Crippen molar-refractivity contribution >= 4 is 11.0 Å². The van der Waals surface area contributed by atoms with Crippen molar-refractivity contribution < 1.29 is 9.15 Å². The molecule has 1 saturated heterocycles. The van der Waals surface area contributed by atoms with E-state index in [1.54, 1.807) is 0 Å². The van der Waals surface area contributed by atoms with Crippen LogP contribution in [0.25, 0.3) is 11.0 Å². The van der Waals surface area contributed by atoms with Crippen molar-refractivity contribution in [2.45, 2.75) is 39.3 Å². The number of rotatable bonds is 6. The zero-order chi connectivity index (χ0) is 16.1. The van der Waals surface area contributed by atoms with Gasteiger partial charge >= 0.3 is 0 Å². The molecule has 3 heteroatoms. The molecule has 122 valence electrons. The number of hydrogen-bond donors (Lipinski definition) is 0. The molecule has 0 unspecified atom stereocenters. The van der Waals surface area contributed by atoms with Gasteiger partial charge in [-0.3, -0.25) is 4.90 Å². The molecule has 1 aliphatic rings. The molecule has 2 heterocycles. The molecular formula is C20H25NO2. The number of allylic oxidation sites excluding steroid dienone is 2. The van der Waals surface area contributed by atoms with Gasteiger partial charge in [-0.15, -0.1) is 0 Å². The minimum Gasteiger partial charge on any atom is -0.486 e. The first-order valence-corrected chi connectivity index (χ1v) is 8.43. The Morgan fingerprint density at radius 2 is 2.09 bits per heavy atom. The highest BCUT2D eigenvalue weighted by atomic mass is 16.5. The molecule has 1 aromatic heterocycles. The summed E-state index contributed by atoms with van der Waals surface area (Å²) >= 11 is 0. The average Bonchev–Trinajstić information content (AvgIpc) is 2.96. The molecule has 1 aliphatic heterocycles. The van der Waals surface area contributed by atoms with Gasteiger partial charge in [-0.1, -0.05) is 25.1 Å². The van der Waals surface area contributed by atoms with Crippen molar-refractivity contribution in [1.29, 1.82) is 0 Å². The van der Waals surface area contributed by atoms with E-state index in [0.717, 1.165) is 23.3 Å². The van der Waals surface area contributed by atoms with Crippen LogP contribution >= 0.6 is 0 Å². The number of benzene rings is 1. The fraction of sp³-hybridized carbons (Fsp3) is 0.400. The van der Waals surface area contributed by atoms with Crippen molar-refractivity contribution in [3.05, 3.63) is 60.1 Å². The summed E-state index contributed by atoms with van der Waals surface area (Å²) in [5.74, 6) is 1.49. The SMILES string of the molecule is C=C(C=CC)OCc1cc2cc(CN3CCCCC3)ccc2o1. The smallest absolute Gasteiger partial charge is 0.146 e. The van der Waals surface area contributed by atoms with E-state index in [1.165, 1.54) is 37.9 Å². The Morgan fingerprint density at radius 3 is 2.87 bits per heavy atom. The van der Waals surface area contributed by atoms with Gasteiger partial charge in [-0.05, 0) is 62.7 Å². The van der Waals surface area contributed by atoms with Crippen molar-refractivity contribution in [1.82, 2.24) is 4.90 Å². The van der Waals surface area contributed by atoms with E-state index >= 15 is 0 Å². The highest BCUT2D eigenvalue weighted by Crippen LogP contribution is 2.23. The maximum atomic E-state index is 5.84. The van der Waals surface area contributed by atoms with Crippen LogP contribution in [0.5, 0.6) is 0 Å². The highest BCUT2D eigenvalue weighted by molar-refractivity contribution is 5.78. The van der Waals surface area contributed by atoms with Crippen molar-refractivity contribution in [3.8, 4) is 0 Å². The van der Waals surface area contributed by atoms with Gasteiger partial charge in [0.2, 0.25) is 0 Å². The monoisotopic (exact) mass is 311 g/mol. The van der Waals surface area contributed by atoms with Crippen molar-refractivity contribution in [3.63, 3.8) is 0 Å². The second-order valence-electron chi connectivity index (χ2n) is 6.18. The Hall–Kier alpha value is -2.00. The van der Waals surface area contributed by atoms with Gasteiger partial charge in [0, 0.05) is 11.9 Å². The first-order valence-electron chi connectivity index (χ1n) is 8.43. The van der Waals surface area contributed by atoms with Gasteiger partial charge in [0.05, 0.1) is 0 Å². The van der Waals surface area contributed by atoms with Crippen LogP contribution in [0.3, 0.4) is 0 Å². The second kappa shape index (κ2) is 7.51. The summed E-state index contributed by atoms with van der Waals surface area (Å²) in [6.45, 7) is 9.66. The predicted molar refractivity (Wildman–Crippen MR) is 94.1 cm³/mol. The summed E-state index contributed by atoms with van der Waals surface area (Å²) in [7, 11) is 0. The Bertz CT molecular complexity index is 693. The van der Waals surface area contributed by atoms with Crippen LogP contribution in [0.2, 0.25) is 0 Å². The number of ether oxygens (including phenoxy) is 1. The molecular weight excluding hydrogens is 286 g/mol.